The first kappa shape index (κ1) is 25.2. The molecule has 0 saturated carbocycles. The minimum absolute atomic E-state index is 0.0407. The Kier molecular flexibility index (Phi) is 9.72. The maximum absolute atomic E-state index is 13.3. The lowest BCUT2D eigenvalue weighted by Gasteiger charge is -2.08. The van der Waals surface area contributed by atoms with Crippen LogP contribution in [-0.4, -0.2) is 16.9 Å². The molecule has 1 aliphatic rings. The lowest BCUT2D eigenvalue weighted by atomic mass is 10.1. The van der Waals surface area contributed by atoms with Crippen LogP contribution in [0.5, 0.6) is 0 Å². The van der Waals surface area contributed by atoms with Crippen LogP contribution < -0.4 is 9.88 Å². The topological polar surface area (TPSA) is 45.9 Å². The van der Waals surface area contributed by atoms with Gasteiger partial charge in [0.2, 0.25) is 0 Å². The smallest absolute Gasteiger partial charge is 0.258 e. The number of carbonyl (C=O) groups is 1. The van der Waals surface area contributed by atoms with Crippen LogP contribution in [0, 0.1) is 0 Å². The van der Waals surface area contributed by atoms with Crippen molar-refractivity contribution in [3.05, 3.63) is 135 Å². The lowest BCUT2D eigenvalue weighted by molar-refractivity contribution is -0.553. The summed E-state index contributed by atoms with van der Waals surface area (Å²) >= 11 is 0. The summed E-state index contributed by atoms with van der Waals surface area (Å²) in [6.07, 6.45) is 24.8. The van der Waals surface area contributed by atoms with Gasteiger partial charge in [-0.05, 0) is 18.1 Å². The zero-order chi connectivity index (χ0) is 24.2. The summed E-state index contributed by atoms with van der Waals surface area (Å²) in [7, 11) is 0. The van der Waals surface area contributed by atoms with Crippen LogP contribution in [0.25, 0.3) is 5.57 Å². The number of nitrogens with zero attached hydrogens (tertiary/aromatic N) is 2. The summed E-state index contributed by atoms with van der Waals surface area (Å²) < 4.78 is 1.67. The molecule has 0 bridgehead atoms. The molecule has 0 aromatic carbocycles. The molecule has 1 atom stereocenters. The van der Waals surface area contributed by atoms with Gasteiger partial charge in [0.05, 0.1) is 0 Å². The van der Waals surface area contributed by atoms with E-state index >= 15 is 0 Å². The number of carbonyl (C=O) groups excluding carboxylic acids is 1. The minimum atomic E-state index is -0.418. The van der Waals surface area contributed by atoms with Crippen molar-refractivity contribution >= 4 is 17.3 Å². The van der Waals surface area contributed by atoms with E-state index in [0.29, 0.717) is 24.4 Å². The quantitative estimate of drug-likeness (QED) is 0.320. The van der Waals surface area contributed by atoms with Crippen LogP contribution in [-0.2, 0) is 6.42 Å². The van der Waals surface area contributed by atoms with Gasteiger partial charge in [0.15, 0.2) is 6.04 Å². The molecule has 4 heteroatoms. The molecular formula is C29H32N3O+. The summed E-state index contributed by atoms with van der Waals surface area (Å²) in [6.45, 7) is 20.9. The summed E-state index contributed by atoms with van der Waals surface area (Å²) in [5.74, 6) is 0.661. The molecule has 168 valence electrons. The molecule has 0 fully saturated rings. The second kappa shape index (κ2) is 12.7. The molecule has 1 aromatic heterocycles. The van der Waals surface area contributed by atoms with E-state index in [-0.39, 0.29) is 5.91 Å². The zero-order valence-corrected chi connectivity index (χ0v) is 19.3. The number of nitrogens with one attached hydrogen (secondary N) is 1. The number of aromatic nitrogens is 2. The molecular weight excluding hydrogens is 406 g/mol. The van der Waals surface area contributed by atoms with Crippen LogP contribution in [0.4, 0.5) is 5.82 Å². The predicted octanol–water partition coefficient (Wildman–Crippen LogP) is 6.03. The standard InChI is InChI=1S/C29H31N3O/c1-7-13-17-23(12-6)19-25-28-31-26(20-22(11-5)15-9-3)29(33)32(28)21-27(30-25)24(16-10-4)18-14-8-2/h7-18,21,26H,1-5,19-20H2,6H3/p+1/b17-13-,18-14-,22-15+,23-12+,24-16+. The molecule has 0 amide bonds. The Labute approximate surface area is 197 Å². The van der Waals surface area contributed by atoms with Crippen LogP contribution >= 0.6 is 0 Å². The van der Waals surface area contributed by atoms with E-state index in [1.165, 1.54) is 0 Å². The Morgan fingerprint density at radius 2 is 1.73 bits per heavy atom. The van der Waals surface area contributed by atoms with E-state index in [1.54, 1.807) is 41.1 Å². The molecule has 1 aliphatic heterocycles. The highest BCUT2D eigenvalue weighted by molar-refractivity contribution is 5.83. The van der Waals surface area contributed by atoms with Crippen LogP contribution in [0.15, 0.2) is 123 Å². The highest BCUT2D eigenvalue weighted by Crippen LogP contribution is 2.25. The number of hydrogen-bond acceptors (Lipinski definition) is 3. The summed E-state index contributed by atoms with van der Waals surface area (Å²) in [5.41, 5.74) is 4.29. The van der Waals surface area contributed by atoms with Crippen molar-refractivity contribution in [1.82, 2.24) is 4.98 Å². The first-order valence-corrected chi connectivity index (χ1v) is 10.8. The number of rotatable bonds is 12. The second-order valence-electron chi connectivity index (χ2n) is 7.30. The third kappa shape index (κ3) is 6.47. The van der Waals surface area contributed by atoms with Crippen LogP contribution in [0.1, 0.15) is 29.5 Å². The number of fused-ring (bicyclic) bond motifs is 1. The highest BCUT2D eigenvalue weighted by Gasteiger charge is 2.41. The molecule has 2 heterocycles. The van der Waals surface area contributed by atoms with Gasteiger partial charge in [-0.1, -0.05) is 106 Å². The molecule has 0 radical (unpaired) electrons. The fourth-order valence-corrected chi connectivity index (χ4v) is 3.45. The van der Waals surface area contributed by atoms with Gasteiger partial charge in [-0.2, -0.15) is 4.57 Å². The van der Waals surface area contributed by atoms with Gasteiger partial charge in [0.25, 0.3) is 0 Å². The number of anilines is 1. The van der Waals surface area contributed by atoms with Crippen molar-refractivity contribution in [1.29, 1.82) is 0 Å². The number of allylic oxidation sites excluding steroid dienone is 14. The second-order valence-corrected chi connectivity index (χ2v) is 7.30. The van der Waals surface area contributed by atoms with Gasteiger partial charge in [-0.25, -0.2) is 9.78 Å². The van der Waals surface area contributed by atoms with Crippen molar-refractivity contribution in [2.45, 2.75) is 25.8 Å². The lowest BCUT2D eigenvalue weighted by Crippen LogP contribution is -2.43. The van der Waals surface area contributed by atoms with Crippen molar-refractivity contribution in [3.63, 3.8) is 0 Å². The summed E-state index contributed by atoms with van der Waals surface area (Å²) in [5, 5.41) is 3.39. The largest absolute Gasteiger partial charge is 0.359 e. The van der Waals surface area contributed by atoms with Crippen molar-refractivity contribution in [3.8, 4) is 0 Å². The van der Waals surface area contributed by atoms with E-state index in [9.17, 15) is 4.79 Å². The van der Waals surface area contributed by atoms with E-state index in [0.717, 1.165) is 22.4 Å². The SMILES string of the molecule is C=C/C=C\C(=C/C)Cc1nc(C(/C=C\C=C)=C/C=C)c[n+]2c1NC(C/C(C=C)=C/C=C)C2=O. The Bertz CT molecular complexity index is 1110. The van der Waals surface area contributed by atoms with Crippen LogP contribution in [0.3, 0.4) is 0 Å². The van der Waals surface area contributed by atoms with Crippen molar-refractivity contribution in [2.75, 3.05) is 5.32 Å². The van der Waals surface area contributed by atoms with Gasteiger partial charge in [0.1, 0.15) is 17.6 Å². The molecule has 1 N–H and O–H groups in total. The molecule has 0 aliphatic carbocycles. The molecule has 33 heavy (non-hydrogen) atoms. The molecule has 4 nitrogen and oxygen atoms in total. The van der Waals surface area contributed by atoms with Gasteiger partial charge < -0.3 is 0 Å². The molecule has 1 aromatic rings. The maximum Gasteiger partial charge on any atom is 0.359 e. The minimum Gasteiger partial charge on any atom is -0.258 e. The Morgan fingerprint density at radius 3 is 2.33 bits per heavy atom. The Hall–Kier alpha value is -4.05. The third-order valence-corrected chi connectivity index (χ3v) is 5.10. The monoisotopic (exact) mass is 438 g/mol. The fourth-order valence-electron chi connectivity index (χ4n) is 3.45. The first-order chi connectivity index (χ1) is 16.0. The van der Waals surface area contributed by atoms with Gasteiger partial charge in [-0.15, -0.1) is 0 Å². The van der Waals surface area contributed by atoms with Crippen LogP contribution in [0.2, 0.25) is 0 Å². The summed E-state index contributed by atoms with van der Waals surface area (Å²) in [6, 6.07) is -0.418. The van der Waals surface area contributed by atoms with Crippen molar-refractivity contribution < 1.29 is 9.36 Å². The highest BCUT2D eigenvalue weighted by atomic mass is 16.2. The Balaban J connectivity index is 2.62. The molecule has 1 unspecified atom stereocenters. The third-order valence-electron chi connectivity index (χ3n) is 5.10. The van der Waals surface area contributed by atoms with E-state index in [4.69, 9.17) is 4.98 Å². The summed E-state index contributed by atoms with van der Waals surface area (Å²) in [4.78, 5) is 18.3. The van der Waals surface area contributed by atoms with Gasteiger partial charge in [-0.3, -0.25) is 5.32 Å². The molecule has 0 saturated heterocycles. The maximum atomic E-state index is 13.3. The fraction of sp³-hybridized carbons (Fsp3) is 0.138. The normalized spacial score (nSPS) is 16.6. The predicted molar refractivity (Wildman–Crippen MR) is 140 cm³/mol. The van der Waals surface area contributed by atoms with E-state index in [2.05, 4.69) is 38.2 Å². The Morgan fingerprint density at radius 1 is 1.03 bits per heavy atom. The average Bonchev–Trinajstić information content (AvgIpc) is 3.14. The number of hydrogen-bond donors (Lipinski definition) is 1. The molecule has 0 spiro atoms. The van der Waals surface area contributed by atoms with Gasteiger partial charge in [0, 0.05) is 18.4 Å². The first-order valence-electron chi connectivity index (χ1n) is 10.8. The average molecular weight is 439 g/mol. The van der Waals surface area contributed by atoms with Crippen molar-refractivity contribution in [2.24, 2.45) is 0 Å². The van der Waals surface area contributed by atoms with Gasteiger partial charge >= 0.3 is 11.7 Å². The molecule has 2 rings (SSSR count). The van der Waals surface area contributed by atoms with E-state index < -0.39 is 6.04 Å². The van der Waals surface area contributed by atoms with E-state index in [1.807, 2.05) is 49.5 Å². The zero-order valence-electron chi connectivity index (χ0n) is 19.3.